The molecule has 21 heavy (non-hydrogen) atoms. The minimum Gasteiger partial charge on any atom is -0.489 e. The van der Waals surface area contributed by atoms with Crippen molar-refractivity contribution >= 4 is 0 Å². The number of aromatic nitrogens is 1. The molecular formula is C16H20FN3O. The van der Waals surface area contributed by atoms with Gasteiger partial charge < -0.3 is 4.74 Å². The van der Waals surface area contributed by atoms with Gasteiger partial charge in [-0.1, -0.05) is 12.1 Å². The predicted molar refractivity (Wildman–Crippen MR) is 80.3 cm³/mol. The summed E-state index contributed by atoms with van der Waals surface area (Å²) < 4.78 is 19.7. The summed E-state index contributed by atoms with van der Waals surface area (Å²) in [5.74, 6) is 5.95. The molecule has 1 atom stereocenters. The highest BCUT2D eigenvalue weighted by Gasteiger charge is 2.17. The van der Waals surface area contributed by atoms with Crippen LogP contribution in [0.25, 0.3) is 0 Å². The molecule has 0 aliphatic carbocycles. The van der Waals surface area contributed by atoms with E-state index in [4.69, 9.17) is 10.6 Å². The van der Waals surface area contributed by atoms with Crippen molar-refractivity contribution in [2.75, 3.05) is 0 Å². The van der Waals surface area contributed by atoms with Gasteiger partial charge in [0.05, 0.1) is 18.3 Å². The lowest BCUT2D eigenvalue weighted by molar-refractivity contribution is 0.241. The first-order valence-corrected chi connectivity index (χ1v) is 6.85. The van der Waals surface area contributed by atoms with Gasteiger partial charge in [0, 0.05) is 11.8 Å². The highest BCUT2D eigenvalue weighted by Crippen LogP contribution is 2.26. The van der Waals surface area contributed by atoms with E-state index in [9.17, 15) is 4.39 Å². The minimum absolute atomic E-state index is 0.0439. The van der Waals surface area contributed by atoms with Gasteiger partial charge in [0.15, 0.2) is 0 Å². The predicted octanol–water partition coefficient (Wildman–Crippen LogP) is 2.87. The van der Waals surface area contributed by atoms with Gasteiger partial charge in [-0.3, -0.25) is 10.8 Å². The van der Waals surface area contributed by atoms with Crippen LogP contribution in [0, 0.1) is 12.7 Å². The fraction of sp³-hybridized carbons (Fsp3) is 0.312. The van der Waals surface area contributed by atoms with E-state index in [1.165, 1.54) is 6.07 Å². The molecule has 2 aromatic rings. The van der Waals surface area contributed by atoms with Gasteiger partial charge in [-0.05, 0) is 44.0 Å². The molecule has 112 valence electrons. The second-order valence-electron chi connectivity index (χ2n) is 5.25. The monoisotopic (exact) mass is 289 g/mol. The van der Waals surface area contributed by atoms with Crippen molar-refractivity contribution in [3.8, 4) is 5.75 Å². The van der Waals surface area contributed by atoms with Gasteiger partial charge in [-0.25, -0.2) is 9.82 Å². The van der Waals surface area contributed by atoms with Crippen LogP contribution in [0.3, 0.4) is 0 Å². The van der Waals surface area contributed by atoms with Crippen LogP contribution in [0.1, 0.15) is 36.6 Å². The third kappa shape index (κ3) is 3.77. The van der Waals surface area contributed by atoms with Crippen molar-refractivity contribution in [1.29, 1.82) is 0 Å². The number of aryl methyl sites for hydroxylation is 1. The quantitative estimate of drug-likeness (QED) is 0.656. The zero-order valence-electron chi connectivity index (χ0n) is 12.4. The van der Waals surface area contributed by atoms with Gasteiger partial charge in [0.1, 0.15) is 11.6 Å². The summed E-state index contributed by atoms with van der Waals surface area (Å²) in [7, 11) is 0. The summed E-state index contributed by atoms with van der Waals surface area (Å²) in [4.78, 5) is 4.14. The van der Waals surface area contributed by atoms with E-state index in [0.29, 0.717) is 11.3 Å². The molecule has 0 fully saturated rings. The van der Waals surface area contributed by atoms with E-state index in [1.807, 2.05) is 32.9 Å². The summed E-state index contributed by atoms with van der Waals surface area (Å²) in [6.07, 6.45) is 3.32. The molecule has 0 aliphatic rings. The maximum atomic E-state index is 14.1. The molecule has 0 aliphatic heterocycles. The normalized spacial score (nSPS) is 12.5. The standard InChI is InChI=1S/C16H20FN3O/c1-10(2)21-13-7-12(8-19-9-13)16(20-18)14-5-4-11(3)6-15(14)17/h4-10,16,20H,18H2,1-3H3. The van der Waals surface area contributed by atoms with Crippen LogP contribution < -0.4 is 16.0 Å². The lowest BCUT2D eigenvalue weighted by atomic mass is 9.99. The highest BCUT2D eigenvalue weighted by molar-refractivity contribution is 5.36. The maximum absolute atomic E-state index is 14.1. The molecule has 0 radical (unpaired) electrons. The van der Waals surface area contributed by atoms with Crippen molar-refractivity contribution in [2.45, 2.75) is 32.9 Å². The highest BCUT2D eigenvalue weighted by atomic mass is 19.1. The van der Waals surface area contributed by atoms with E-state index < -0.39 is 6.04 Å². The lowest BCUT2D eigenvalue weighted by Crippen LogP contribution is -2.29. The Morgan fingerprint density at radius 2 is 2.00 bits per heavy atom. The summed E-state index contributed by atoms with van der Waals surface area (Å²) in [6.45, 7) is 5.71. The molecule has 1 heterocycles. The fourth-order valence-corrected chi connectivity index (χ4v) is 2.16. The Morgan fingerprint density at radius 3 is 2.62 bits per heavy atom. The number of pyridine rings is 1. The summed E-state index contributed by atoms with van der Waals surface area (Å²) >= 11 is 0. The molecule has 0 spiro atoms. The molecule has 4 nitrogen and oxygen atoms in total. The zero-order chi connectivity index (χ0) is 15.4. The van der Waals surface area contributed by atoms with Crippen molar-refractivity contribution in [1.82, 2.24) is 10.4 Å². The van der Waals surface area contributed by atoms with Crippen molar-refractivity contribution < 1.29 is 9.13 Å². The zero-order valence-corrected chi connectivity index (χ0v) is 12.4. The first-order chi connectivity index (χ1) is 10.0. The molecule has 1 aromatic heterocycles. The molecule has 1 unspecified atom stereocenters. The SMILES string of the molecule is Cc1ccc(C(NN)c2cncc(OC(C)C)c2)c(F)c1. The average molecular weight is 289 g/mol. The first-order valence-electron chi connectivity index (χ1n) is 6.85. The maximum Gasteiger partial charge on any atom is 0.138 e. The second-order valence-corrected chi connectivity index (χ2v) is 5.25. The van der Waals surface area contributed by atoms with Gasteiger partial charge in [-0.15, -0.1) is 0 Å². The first kappa shape index (κ1) is 15.4. The molecule has 0 saturated carbocycles. The molecule has 5 heteroatoms. The Kier molecular flexibility index (Phi) is 4.88. The van der Waals surface area contributed by atoms with Crippen molar-refractivity contribution in [2.24, 2.45) is 5.84 Å². The Bertz CT molecular complexity index is 616. The Labute approximate surface area is 124 Å². The molecular weight excluding hydrogens is 269 g/mol. The van der Waals surface area contributed by atoms with Crippen LogP contribution in [0.4, 0.5) is 4.39 Å². The van der Waals surface area contributed by atoms with Crippen LogP contribution in [-0.2, 0) is 0 Å². The molecule has 2 rings (SSSR count). The van der Waals surface area contributed by atoms with E-state index in [-0.39, 0.29) is 11.9 Å². The van der Waals surface area contributed by atoms with E-state index in [1.54, 1.807) is 18.5 Å². The number of nitrogens with two attached hydrogens (primary N) is 1. The lowest BCUT2D eigenvalue weighted by Gasteiger charge is -2.19. The van der Waals surface area contributed by atoms with Gasteiger partial charge >= 0.3 is 0 Å². The second kappa shape index (κ2) is 6.65. The number of ether oxygens (including phenoxy) is 1. The number of halogens is 1. The number of nitrogens with one attached hydrogen (secondary N) is 1. The summed E-state index contributed by atoms with van der Waals surface area (Å²) in [5, 5.41) is 0. The van der Waals surface area contributed by atoms with E-state index in [2.05, 4.69) is 10.4 Å². The molecule has 3 N–H and O–H groups in total. The minimum atomic E-state index is -0.478. The third-order valence-electron chi connectivity index (χ3n) is 3.07. The van der Waals surface area contributed by atoms with Crippen molar-refractivity contribution in [3.05, 3.63) is 59.2 Å². The van der Waals surface area contributed by atoms with Crippen LogP contribution in [-0.4, -0.2) is 11.1 Å². The summed E-state index contributed by atoms with van der Waals surface area (Å²) in [5.41, 5.74) is 4.73. The molecule has 1 aromatic carbocycles. The number of hydrogen-bond donors (Lipinski definition) is 2. The Morgan fingerprint density at radius 1 is 1.24 bits per heavy atom. The Balaban J connectivity index is 2.37. The number of rotatable bonds is 5. The average Bonchev–Trinajstić information content (AvgIpc) is 2.41. The van der Waals surface area contributed by atoms with E-state index >= 15 is 0 Å². The molecule has 0 amide bonds. The van der Waals surface area contributed by atoms with Gasteiger partial charge in [-0.2, -0.15) is 0 Å². The summed E-state index contributed by atoms with van der Waals surface area (Å²) in [6, 6.07) is 6.41. The number of hydrogen-bond acceptors (Lipinski definition) is 4. The Hall–Kier alpha value is -1.98. The van der Waals surface area contributed by atoms with E-state index in [0.717, 1.165) is 11.1 Å². The van der Waals surface area contributed by atoms with Crippen LogP contribution in [0.5, 0.6) is 5.75 Å². The number of nitrogens with zero attached hydrogens (tertiary/aromatic N) is 1. The van der Waals surface area contributed by atoms with Crippen LogP contribution >= 0.6 is 0 Å². The molecule has 0 bridgehead atoms. The van der Waals surface area contributed by atoms with Gasteiger partial charge in [0.2, 0.25) is 0 Å². The van der Waals surface area contributed by atoms with Gasteiger partial charge in [0.25, 0.3) is 0 Å². The third-order valence-corrected chi connectivity index (χ3v) is 3.07. The smallest absolute Gasteiger partial charge is 0.138 e. The largest absolute Gasteiger partial charge is 0.489 e. The van der Waals surface area contributed by atoms with Crippen molar-refractivity contribution in [3.63, 3.8) is 0 Å². The van der Waals surface area contributed by atoms with Crippen LogP contribution in [0.15, 0.2) is 36.7 Å². The molecule has 0 saturated heterocycles. The number of hydrazine groups is 1. The number of benzene rings is 1. The topological polar surface area (TPSA) is 60.2 Å². The fourth-order valence-electron chi connectivity index (χ4n) is 2.16. The van der Waals surface area contributed by atoms with Crippen LogP contribution in [0.2, 0.25) is 0 Å².